The molecule has 0 fully saturated rings. The molecule has 20 heavy (non-hydrogen) atoms. The number of carboxylic acids is 1. The zero-order valence-electron chi connectivity index (χ0n) is 11.0. The molecule has 1 aromatic heterocycles. The van der Waals surface area contributed by atoms with Crippen LogP contribution in [0.2, 0.25) is 0 Å². The number of rotatable bonds is 2. The van der Waals surface area contributed by atoms with Gasteiger partial charge in [-0.3, -0.25) is 4.98 Å². The summed E-state index contributed by atoms with van der Waals surface area (Å²) >= 11 is 0. The smallest absolute Gasteiger partial charge is 0.337 e. The predicted molar refractivity (Wildman–Crippen MR) is 78.9 cm³/mol. The van der Waals surface area contributed by atoms with Gasteiger partial charge in [0, 0.05) is 17.1 Å². The van der Waals surface area contributed by atoms with Crippen molar-refractivity contribution in [2.45, 2.75) is 6.92 Å². The van der Waals surface area contributed by atoms with Crippen molar-refractivity contribution in [2.24, 2.45) is 0 Å². The Kier molecular flexibility index (Phi) is 2.95. The number of hydrogen-bond acceptors (Lipinski definition) is 2. The Hall–Kier alpha value is -2.68. The zero-order chi connectivity index (χ0) is 14.1. The minimum atomic E-state index is -0.931. The van der Waals surface area contributed by atoms with Crippen molar-refractivity contribution in [3.63, 3.8) is 0 Å². The number of para-hydroxylation sites is 1. The van der Waals surface area contributed by atoms with Gasteiger partial charge in [0.05, 0.1) is 11.1 Å². The van der Waals surface area contributed by atoms with Crippen molar-refractivity contribution in [3.05, 3.63) is 65.9 Å². The third kappa shape index (κ3) is 2.03. The molecule has 2 aromatic carbocycles. The van der Waals surface area contributed by atoms with Crippen LogP contribution in [0.5, 0.6) is 0 Å². The fourth-order valence-corrected chi connectivity index (χ4v) is 2.32. The number of carbonyl (C=O) groups is 1. The van der Waals surface area contributed by atoms with E-state index in [-0.39, 0.29) is 0 Å². The minimum Gasteiger partial charge on any atom is -0.478 e. The average molecular weight is 263 g/mol. The van der Waals surface area contributed by atoms with E-state index in [4.69, 9.17) is 0 Å². The molecule has 3 aromatic rings. The Labute approximate surface area is 116 Å². The second-order valence-electron chi connectivity index (χ2n) is 4.74. The average Bonchev–Trinajstić information content (AvgIpc) is 2.46. The molecular formula is C17H13NO2. The first-order chi connectivity index (χ1) is 9.66. The van der Waals surface area contributed by atoms with Gasteiger partial charge in [-0.1, -0.05) is 48.0 Å². The topological polar surface area (TPSA) is 50.2 Å². The molecule has 1 heterocycles. The van der Waals surface area contributed by atoms with Crippen molar-refractivity contribution >= 4 is 16.9 Å². The minimum absolute atomic E-state index is 0.305. The Morgan fingerprint density at radius 2 is 1.75 bits per heavy atom. The van der Waals surface area contributed by atoms with Crippen LogP contribution in [0.25, 0.3) is 22.0 Å². The number of nitrogens with zero attached hydrogens (tertiary/aromatic N) is 1. The van der Waals surface area contributed by atoms with Gasteiger partial charge in [-0.15, -0.1) is 0 Å². The molecule has 0 spiro atoms. The molecule has 0 bridgehead atoms. The first-order valence-electron chi connectivity index (χ1n) is 6.35. The normalized spacial score (nSPS) is 10.7. The molecule has 1 N–H and O–H groups in total. The van der Waals surface area contributed by atoms with E-state index >= 15 is 0 Å². The van der Waals surface area contributed by atoms with Crippen molar-refractivity contribution in [1.82, 2.24) is 4.98 Å². The van der Waals surface area contributed by atoms with Crippen molar-refractivity contribution in [1.29, 1.82) is 0 Å². The van der Waals surface area contributed by atoms with Crippen LogP contribution in [-0.2, 0) is 0 Å². The molecule has 0 radical (unpaired) electrons. The molecule has 0 amide bonds. The highest BCUT2D eigenvalue weighted by Gasteiger charge is 2.16. The molecule has 0 unspecified atom stereocenters. The lowest BCUT2D eigenvalue weighted by atomic mass is 9.97. The maximum absolute atomic E-state index is 11.6. The third-order valence-corrected chi connectivity index (χ3v) is 3.35. The first kappa shape index (κ1) is 12.4. The summed E-state index contributed by atoms with van der Waals surface area (Å²) in [6, 6.07) is 15.1. The molecule has 3 rings (SSSR count). The lowest BCUT2D eigenvalue weighted by Crippen LogP contribution is -2.02. The summed E-state index contributed by atoms with van der Waals surface area (Å²) < 4.78 is 0. The van der Waals surface area contributed by atoms with Gasteiger partial charge in [0.25, 0.3) is 0 Å². The van der Waals surface area contributed by atoms with Crippen LogP contribution >= 0.6 is 0 Å². The van der Waals surface area contributed by atoms with Crippen molar-refractivity contribution < 1.29 is 9.90 Å². The number of aryl methyl sites for hydroxylation is 1. The SMILES string of the molecule is Cc1ccc(-c2cnc3ccccc3c2C(=O)O)cc1. The van der Waals surface area contributed by atoms with Gasteiger partial charge < -0.3 is 5.11 Å². The zero-order valence-corrected chi connectivity index (χ0v) is 11.0. The Bertz CT molecular complexity index is 792. The van der Waals surface area contributed by atoms with E-state index in [9.17, 15) is 9.90 Å². The predicted octanol–water partition coefficient (Wildman–Crippen LogP) is 3.91. The van der Waals surface area contributed by atoms with E-state index in [1.165, 1.54) is 0 Å². The van der Waals surface area contributed by atoms with Gasteiger partial charge in [-0.2, -0.15) is 0 Å². The monoisotopic (exact) mass is 263 g/mol. The van der Waals surface area contributed by atoms with Gasteiger partial charge in [0.15, 0.2) is 0 Å². The van der Waals surface area contributed by atoms with E-state index in [0.717, 1.165) is 11.1 Å². The summed E-state index contributed by atoms with van der Waals surface area (Å²) in [5, 5.41) is 10.2. The Morgan fingerprint density at radius 3 is 2.45 bits per heavy atom. The van der Waals surface area contributed by atoms with E-state index < -0.39 is 5.97 Å². The highest BCUT2D eigenvalue weighted by molar-refractivity contribution is 6.08. The second kappa shape index (κ2) is 4.78. The van der Waals surface area contributed by atoms with E-state index in [1.807, 2.05) is 49.4 Å². The lowest BCUT2D eigenvalue weighted by Gasteiger charge is -2.09. The Morgan fingerprint density at radius 1 is 1.05 bits per heavy atom. The maximum Gasteiger partial charge on any atom is 0.337 e. The molecule has 0 saturated carbocycles. The molecular weight excluding hydrogens is 250 g/mol. The molecule has 0 aliphatic rings. The number of hydrogen-bond donors (Lipinski definition) is 1. The fraction of sp³-hybridized carbons (Fsp3) is 0.0588. The van der Waals surface area contributed by atoms with Crippen molar-refractivity contribution in [2.75, 3.05) is 0 Å². The van der Waals surface area contributed by atoms with Gasteiger partial charge in [-0.05, 0) is 18.6 Å². The standard InChI is InChI=1S/C17H13NO2/c1-11-6-8-12(9-7-11)14-10-18-15-5-3-2-4-13(15)16(14)17(19)20/h2-10H,1H3,(H,19,20). The van der Waals surface area contributed by atoms with Gasteiger partial charge in [0.2, 0.25) is 0 Å². The number of carboxylic acid groups (broad SMARTS) is 1. The van der Waals surface area contributed by atoms with Crippen LogP contribution in [0.4, 0.5) is 0 Å². The molecule has 3 nitrogen and oxygen atoms in total. The molecule has 0 saturated heterocycles. The highest BCUT2D eigenvalue weighted by Crippen LogP contribution is 2.29. The summed E-state index contributed by atoms with van der Waals surface area (Å²) in [5.41, 5.74) is 3.65. The molecule has 98 valence electrons. The third-order valence-electron chi connectivity index (χ3n) is 3.35. The maximum atomic E-state index is 11.6. The highest BCUT2D eigenvalue weighted by atomic mass is 16.4. The molecule has 0 aliphatic carbocycles. The Balaban J connectivity index is 2.33. The number of aromatic nitrogens is 1. The van der Waals surface area contributed by atoms with Crippen LogP contribution in [0.1, 0.15) is 15.9 Å². The van der Waals surface area contributed by atoms with E-state index in [1.54, 1.807) is 12.3 Å². The second-order valence-corrected chi connectivity index (χ2v) is 4.74. The largest absolute Gasteiger partial charge is 0.478 e. The summed E-state index contributed by atoms with van der Waals surface area (Å²) in [4.78, 5) is 16.0. The van der Waals surface area contributed by atoms with Gasteiger partial charge in [0.1, 0.15) is 0 Å². The van der Waals surface area contributed by atoms with Crippen molar-refractivity contribution in [3.8, 4) is 11.1 Å². The number of fused-ring (bicyclic) bond motifs is 1. The number of aromatic carboxylic acids is 1. The summed E-state index contributed by atoms with van der Waals surface area (Å²) in [5.74, 6) is -0.931. The van der Waals surface area contributed by atoms with Gasteiger partial charge >= 0.3 is 5.97 Å². The van der Waals surface area contributed by atoms with Crippen LogP contribution in [0.3, 0.4) is 0 Å². The quantitative estimate of drug-likeness (QED) is 0.762. The molecule has 3 heteroatoms. The van der Waals surface area contributed by atoms with Crippen LogP contribution in [0.15, 0.2) is 54.7 Å². The summed E-state index contributed by atoms with van der Waals surface area (Å²) in [6.45, 7) is 2.00. The fourth-order valence-electron chi connectivity index (χ4n) is 2.32. The number of benzene rings is 2. The summed E-state index contributed by atoms with van der Waals surface area (Å²) in [6.07, 6.45) is 1.64. The van der Waals surface area contributed by atoms with Gasteiger partial charge in [-0.25, -0.2) is 4.79 Å². The number of pyridine rings is 1. The molecule has 0 aliphatic heterocycles. The van der Waals surface area contributed by atoms with E-state index in [0.29, 0.717) is 22.0 Å². The summed E-state index contributed by atoms with van der Waals surface area (Å²) in [7, 11) is 0. The first-order valence-corrected chi connectivity index (χ1v) is 6.35. The van der Waals surface area contributed by atoms with Crippen LogP contribution < -0.4 is 0 Å². The van der Waals surface area contributed by atoms with Crippen LogP contribution in [-0.4, -0.2) is 16.1 Å². The lowest BCUT2D eigenvalue weighted by molar-refractivity contribution is 0.0700. The van der Waals surface area contributed by atoms with Crippen LogP contribution in [0, 0.1) is 6.92 Å². The van der Waals surface area contributed by atoms with E-state index in [2.05, 4.69) is 4.98 Å². The molecule has 0 atom stereocenters.